The van der Waals surface area contributed by atoms with Gasteiger partial charge in [0.15, 0.2) is 0 Å². The lowest BCUT2D eigenvalue weighted by atomic mass is 9.97. The highest BCUT2D eigenvalue weighted by Gasteiger charge is 2.14. The fourth-order valence-corrected chi connectivity index (χ4v) is 2.50. The van der Waals surface area contributed by atoms with Gasteiger partial charge in [-0.3, -0.25) is 0 Å². The lowest BCUT2D eigenvalue weighted by Crippen LogP contribution is -2.43. The van der Waals surface area contributed by atoms with Gasteiger partial charge in [0, 0.05) is 31.9 Å². The maximum absolute atomic E-state index is 3.89. The van der Waals surface area contributed by atoms with Gasteiger partial charge in [0.25, 0.3) is 0 Å². The van der Waals surface area contributed by atoms with Crippen LogP contribution in [0.3, 0.4) is 0 Å². The van der Waals surface area contributed by atoms with E-state index in [1.165, 1.54) is 16.8 Å². The van der Waals surface area contributed by atoms with Crippen molar-refractivity contribution in [3.8, 4) is 0 Å². The average molecular weight is 244 g/mol. The maximum Gasteiger partial charge on any atom is 0.0403 e. The SMILES string of the molecule is C=CCc1cc(C(C)C)ccc1N1CCNCC1. The highest BCUT2D eigenvalue weighted by atomic mass is 15.2. The Balaban J connectivity index is 2.29. The van der Waals surface area contributed by atoms with Crippen LogP contribution in [-0.4, -0.2) is 26.2 Å². The molecule has 0 spiro atoms. The molecule has 0 amide bonds. The number of anilines is 1. The first-order chi connectivity index (χ1) is 8.72. The summed E-state index contributed by atoms with van der Waals surface area (Å²) in [6.45, 7) is 12.8. The molecule has 1 aliphatic rings. The van der Waals surface area contributed by atoms with Gasteiger partial charge >= 0.3 is 0 Å². The first-order valence-corrected chi connectivity index (χ1v) is 6.91. The van der Waals surface area contributed by atoms with Crippen molar-refractivity contribution in [2.45, 2.75) is 26.2 Å². The summed E-state index contributed by atoms with van der Waals surface area (Å²) in [6, 6.07) is 6.91. The fourth-order valence-electron chi connectivity index (χ4n) is 2.50. The molecular formula is C16H24N2. The van der Waals surface area contributed by atoms with Crippen LogP contribution in [0.4, 0.5) is 5.69 Å². The van der Waals surface area contributed by atoms with E-state index in [0.29, 0.717) is 5.92 Å². The monoisotopic (exact) mass is 244 g/mol. The largest absolute Gasteiger partial charge is 0.369 e. The van der Waals surface area contributed by atoms with Crippen molar-refractivity contribution in [2.75, 3.05) is 31.1 Å². The van der Waals surface area contributed by atoms with Crippen LogP contribution in [0.1, 0.15) is 30.9 Å². The fraction of sp³-hybridized carbons (Fsp3) is 0.500. The van der Waals surface area contributed by atoms with Gasteiger partial charge in [-0.2, -0.15) is 0 Å². The molecule has 0 saturated carbocycles. The number of benzene rings is 1. The van der Waals surface area contributed by atoms with Crippen LogP contribution in [0.15, 0.2) is 30.9 Å². The quantitative estimate of drug-likeness (QED) is 0.819. The Labute approximate surface area is 111 Å². The zero-order valence-corrected chi connectivity index (χ0v) is 11.6. The van der Waals surface area contributed by atoms with Crippen LogP contribution in [0, 0.1) is 0 Å². The molecule has 0 unspecified atom stereocenters. The Morgan fingerprint density at radius 3 is 2.67 bits per heavy atom. The molecule has 0 radical (unpaired) electrons. The molecule has 18 heavy (non-hydrogen) atoms. The Morgan fingerprint density at radius 1 is 1.33 bits per heavy atom. The second-order valence-electron chi connectivity index (χ2n) is 5.27. The normalized spacial score (nSPS) is 16.1. The van der Waals surface area contributed by atoms with Crippen molar-refractivity contribution >= 4 is 5.69 Å². The Morgan fingerprint density at radius 2 is 2.06 bits per heavy atom. The summed E-state index contributed by atoms with van der Waals surface area (Å²) in [4.78, 5) is 2.49. The van der Waals surface area contributed by atoms with Crippen molar-refractivity contribution in [3.63, 3.8) is 0 Å². The van der Waals surface area contributed by atoms with Gasteiger partial charge in [-0.1, -0.05) is 32.1 Å². The molecule has 0 aromatic heterocycles. The van der Waals surface area contributed by atoms with E-state index >= 15 is 0 Å². The highest BCUT2D eigenvalue weighted by Crippen LogP contribution is 2.26. The third-order valence-electron chi connectivity index (χ3n) is 3.59. The van der Waals surface area contributed by atoms with Crippen molar-refractivity contribution in [1.82, 2.24) is 5.32 Å². The van der Waals surface area contributed by atoms with Crippen LogP contribution in [-0.2, 0) is 6.42 Å². The maximum atomic E-state index is 3.89. The van der Waals surface area contributed by atoms with Crippen molar-refractivity contribution < 1.29 is 0 Å². The molecule has 1 fully saturated rings. The predicted octanol–water partition coefficient (Wildman–Crippen LogP) is 2.95. The van der Waals surface area contributed by atoms with Crippen molar-refractivity contribution in [3.05, 3.63) is 42.0 Å². The summed E-state index contributed by atoms with van der Waals surface area (Å²) >= 11 is 0. The van der Waals surface area contributed by atoms with Gasteiger partial charge in [0.05, 0.1) is 0 Å². The van der Waals surface area contributed by atoms with Gasteiger partial charge in [0.1, 0.15) is 0 Å². The Kier molecular flexibility index (Phi) is 4.43. The van der Waals surface area contributed by atoms with Crippen LogP contribution < -0.4 is 10.2 Å². The van der Waals surface area contributed by atoms with Gasteiger partial charge in [0.2, 0.25) is 0 Å². The van der Waals surface area contributed by atoms with E-state index in [0.717, 1.165) is 32.6 Å². The molecule has 1 N–H and O–H groups in total. The summed E-state index contributed by atoms with van der Waals surface area (Å²) < 4.78 is 0. The molecule has 1 heterocycles. The minimum Gasteiger partial charge on any atom is -0.369 e. The second-order valence-corrected chi connectivity index (χ2v) is 5.27. The summed E-state index contributed by atoms with van der Waals surface area (Å²) in [5, 5.41) is 3.40. The summed E-state index contributed by atoms with van der Waals surface area (Å²) in [5.74, 6) is 0.589. The standard InChI is InChI=1S/C16H24N2/c1-4-5-15-12-14(13(2)3)6-7-16(15)18-10-8-17-9-11-18/h4,6-7,12-13,17H,1,5,8-11H2,2-3H3. The van der Waals surface area contributed by atoms with Crippen molar-refractivity contribution in [2.24, 2.45) is 0 Å². The molecule has 1 saturated heterocycles. The molecular weight excluding hydrogens is 220 g/mol. The first-order valence-electron chi connectivity index (χ1n) is 6.91. The molecule has 0 bridgehead atoms. The average Bonchev–Trinajstić information content (AvgIpc) is 2.40. The lowest BCUT2D eigenvalue weighted by Gasteiger charge is -2.31. The van der Waals surface area contributed by atoms with Crippen LogP contribution in [0.5, 0.6) is 0 Å². The summed E-state index contributed by atoms with van der Waals surface area (Å²) in [7, 11) is 0. The van der Waals surface area contributed by atoms with E-state index < -0.39 is 0 Å². The third kappa shape index (κ3) is 2.94. The Bertz CT molecular complexity index is 404. The number of piperazine rings is 1. The number of allylic oxidation sites excluding steroid dienone is 1. The molecule has 98 valence electrons. The molecule has 2 heteroatoms. The van der Waals surface area contributed by atoms with Gasteiger partial charge < -0.3 is 10.2 Å². The molecule has 2 rings (SSSR count). The molecule has 1 aliphatic heterocycles. The summed E-state index contributed by atoms with van der Waals surface area (Å²) in [6.07, 6.45) is 2.96. The minimum absolute atomic E-state index is 0.589. The topological polar surface area (TPSA) is 15.3 Å². The molecule has 1 aromatic rings. The number of hydrogen-bond acceptors (Lipinski definition) is 2. The van der Waals surface area contributed by atoms with E-state index in [1.54, 1.807) is 0 Å². The van der Waals surface area contributed by atoms with Crippen molar-refractivity contribution in [1.29, 1.82) is 0 Å². The molecule has 0 atom stereocenters. The van der Waals surface area contributed by atoms with Crippen LogP contribution in [0.2, 0.25) is 0 Å². The zero-order chi connectivity index (χ0) is 13.0. The Hall–Kier alpha value is -1.28. The van der Waals surface area contributed by atoms with E-state index in [4.69, 9.17) is 0 Å². The lowest BCUT2D eigenvalue weighted by molar-refractivity contribution is 0.588. The first kappa shape index (κ1) is 13.2. The van der Waals surface area contributed by atoms with Gasteiger partial charge in [-0.15, -0.1) is 6.58 Å². The smallest absolute Gasteiger partial charge is 0.0403 e. The third-order valence-corrected chi connectivity index (χ3v) is 3.59. The second kappa shape index (κ2) is 6.05. The van der Waals surface area contributed by atoms with E-state index in [9.17, 15) is 0 Å². The minimum atomic E-state index is 0.589. The van der Waals surface area contributed by atoms with E-state index in [-0.39, 0.29) is 0 Å². The molecule has 1 aromatic carbocycles. The van der Waals surface area contributed by atoms with Gasteiger partial charge in [-0.25, -0.2) is 0 Å². The number of nitrogens with zero attached hydrogens (tertiary/aromatic N) is 1. The molecule has 0 aliphatic carbocycles. The molecule has 2 nitrogen and oxygen atoms in total. The van der Waals surface area contributed by atoms with Crippen LogP contribution in [0.25, 0.3) is 0 Å². The number of rotatable bonds is 4. The number of hydrogen-bond donors (Lipinski definition) is 1. The highest BCUT2D eigenvalue weighted by molar-refractivity contribution is 5.56. The zero-order valence-electron chi connectivity index (χ0n) is 11.6. The summed E-state index contributed by atoms with van der Waals surface area (Å²) in [5.41, 5.74) is 4.23. The predicted molar refractivity (Wildman–Crippen MR) is 79.5 cm³/mol. The van der Waals surface area contributed by atoms with E-state index in [2.05, 4.69) is 48.8 Å². The van der Waals surface area contributed by atoms with Gasteiger partial charge in [-0.05, 0) is 29.5 Å². The van der Waals surface area contributed by atoms with Crippen LogP contribution >= 0.6 is 0 Å². The van der Waals surface area contributed by atoms with E-state index in [1.807, 2.05) is 6.08 Å². The number of nitrogens with one attached hydrogen (secondary N) is 1.